The molecule has 11 heavy (non-hydrogen) atoms. The van der Waals surface area contributed by atoms with Crippen LogP contribution in [0.15, 0.2) is 23.8 Å². The van der Waals surface area contributed by atoms with Crippen molar-refractivity contribution in [2.75, 3.05) is 7.11 Å². The Morgan fingerprint density at radius 1 is 1.82 bits per heavy atom. The molecule has 60 valence electrons. The van der Waals surface area contributed by atoms with E-state index in [2.05, 4.69) is 20.7 Å². The van der Waals surface area contributed by atoms with Crippen molar-refractivity contribution in [3.05, 3.63) is 23.8 Å². The quantitative estimate of drug-likeness (QED) is 0.494. The molecule has 0 aromatic rings. The highest BCUT2D eigenvalue weighted by atomic mass is 79.9. The van der Waals surface area contributed by atoms with Gasteiger partial charge in [-0.1, -0.05) is 34.2 Å². The van der Waals surface area contributed by atoms with Crippen LogP contribution in [0.2, 0.25) is 0 Å². The van der Waals surface area contributed by atoms with Crippen LogP contribution in [-0.4, -0.2) is 17.9 Å². The highest BCUT2D eigenvalue weighted by Gasteiger charge is 2.14. The molecule has 0 N–H and O–H groups in total. The van der Waals surface area contributed by atoms with E-state index in [1.807, 2.05) is 12.2 Å². The summed E-state index contributed by atoms with van der Waals surface area (Å²) in [4.78, 5) is 11.2. The van der Waals surface area contributed by atoms with Crippen molar-refractivity contribution in [1.29, 1.82) is 0 Å². The van der Waals surface area contributed by atoms with E-state index in [0.29, 0.717) is 6.42 Å². The molecule has 0 aromatic carbocycles. The minimum Gasteiger partial charge on any atom is -0.466 e. The SMILES string of the molecule is COC(=O)C1=CC=CC(Br)C1. The maximum Gasteiger partial charge on any atom is 0.333 e. The lowest BCUT2D eigenvalue weighted by molar-refractivity contribution is -0.136. The summed E-state index contributed by atoms with van der Waals surface area (Å²) in [6.07, 6.45) is 6.34. The number of methoxy groups -OCH3 is 1. The summed E-state index contributed by atoms with van der Waals surface area (Å²) in [6.45, 7) is 0. The summed E-state index contributed by atoms with van der Waals surface area (Å²) in [6, 6.07) is 0. The third-order valence-corrected chi connectivity index (χ3v) is 2.11. The highest BCUT2D eigenvalue weighted by Crippen LogP contribution is 2.19. The second kappa shape index (κ2) is 3.72. The van der Waals surface area contributed by atoms with Crippen molar-refractivity contribution < 1.29 is 9.53 Å². The van der Waals surface area contributed by atoms with Crippen LogP contribution in [0.5, 0.6) is 0 Å². The molecule has 0 amide bonds. The van der Waals surface area contributed by atoms with Crippen molar-refractivity contribution >= 4 is 21.9 Å². The van der Waals surface area contributed by atoms with Gasteiger partial charge in [-0.25, -0.2) is 4.79 Å². The predicted octanol–water partition coefficient (Wildman–Crippen LogP) is 1.81. The molecular formula is C8H9BrO2. The molecule has 0 fully saturated rings. The van der Waals surface area contributed by atoms with Gasteiger partial charge in [-0.05, 0) is 6.42 Å². The molecule has 3 heteroatoms. The molecule has 1 aliphatic rings. The summed E-state index contributed by atoms with van der Waals surface area (Å²) >= 11 is 3.39. The third-order valence-electron chi connectivity index (χ3n) is 1.48. The number of rotatable bonds is 1. The van der Waals surface area contributed by atoms with Crippen molar-refractivity contribution in [3.8, 4) is 0 Å². The van der Waals surface area contributed by atoms with E-state index in [0.717, 1.165) is 5.57 Å². The van der Waals surface area contributed by atoms with Gasteiger partial charge in [-0.15, -0.1) is 0 Å². The van der Waals surface area contributed by atoms with Crippen LogP contribution >= 0.6 is 15.9 Å². The Labute approximate surface area is 74.1 Å². The Hall–Kier alpha value is -0.570. The van der Waals surface area contributed by atoms with Gasteiger partial charge in [-0.2, -0.15) is 0 Å². The largest absolute Gasteiger partial charge is 0.466 e. The van der Waals surface area contributed by atoms with Gasteiger partial charge in [0.1, 0.15) is 0 Å². The van der Waals surface area contributed by atoms with Gasteiger partial charge in [0.2, 0.25) is 0 Å². The van der Waals surface area contributed by atoms with Crippen LogP contribution < -0.4 is 0 Å². The number of allylic oxidation sites excluding steroid dienone is 3. The number of ether oxygens (including phenoxy) is 1. The maximum absolute atomic E-state index is 11.0. The third kappa shape index (κ3) is 2.19. The smallest absolute Gasteiger partial charge is 0.333 e. The zero-order chi connectivity index (χ0) is 8.27. The molecule has 1 aliphatic carbocycles. The molecule has 0 bridgehead atoms. The molecule has 1 atom stereocenters. The van der Waals surface area contributed by atoms with E-state index in [9.17, 15) is 4.79 Å². The summed E-state index contributed by atoms with van der Waals surface area (Å²) in [7, 11) is 1.39. The molecule has 0 spiro atoms. The van der Waals surface area contributed by atoms with Crippen molar-refractivity contribution in [2.45, 2.75) is 11.2 Å². The number of halogens is 1. The van der Waals surface area contributed by atoms with Gasteiger partial charge in [0.05, 0.1) is 7.11 Å². The first-order chi connectivity index (χ1) is 5.24. The summed E-state index contributed by atoms with van der Waals surface area (Å²) in [5.74, 6) is -0.237. The van der Waals surface area contributed by atoms with Crippen LogP contribution in [0.3, 0.4) is 0 Å². The van der Waals surface area contributed by atoms with Crippen LogP contribution in [-0.2, 0) is 9.53 Å². The molecule has 0 radical (unpaired) electrons. The van der Waals surface area contributed by atoms with Crippen LogP contribution in [0.4, 0.5) is 0 Å². The lowest BCUT2D eigenvalue weighted by Crippen LogP contribution is -2.10. The Bertz CT molecular complexity index is 218. The van der Waals surface area contributed by atoms with Gasteiger partial charge in [0.15, 0.2) is 0 Å². The number of carbonyl (C=O) groups excluding carboxylic acids is 1. The van der Waals surface area contributed by atoms with Crippen molar-refractivity contribution in [1.82, 2.24) is 0 Å². The minimum atomic E-state index is -0.237. The first-order valence-electron chi connectivity index (χ1n) is 3.34. The summed E-state index contributed by atoms with van der Waals surface area (Å²) in [5.41, 5.74) is 0.719. The van der Waals surface area contributed by atoms with E-state index < -0.39 is 0 Å². The van der Waals surface area contributed by atoms with Crippen molar-refractivity contribution in [3.63, 3.8) is 0 Å². The Morgan fingerprint density at radius 2 is 2.55 bits per heavy atom. The lowest BCUT2D eigenvalue weighted by atomic mass is 10.1. The number of alkyl halides is 1. The van der Waals surface area contributed by atoms with Gasteiger partial charge in [-0.3, -0.25) is 0 Å². The van der Waals surface area contributed by atoms with E-state index >= 15 is 0 Å². The van der Waals surface area contributed by atoms with Crippen LogP contribution in [0.1, 0.15) is 6.42 Å². The Kier molecular flexibility index (Phi) is 2.88. The summed E-state index contributed by atoms with van der Waals surface area (Å²) < 4.78 is 4.58. The molecule has 2 nitrogen and oxygen atoms in total. The normalized spacial score (nSPS) is 22.7. The standard InChI is InChI=1S/C8H9BrO2/c1-11-8(10)6-3-2-4-7(9)5-6/h2-4,7H,5H2,1H3. The maximum atomic E-state index is 11.0. The summed E-state index contributed by atoms with van der Waals surface area (Å²) in [5, 5.41) is 0. The number of hydrogen-bond acceptors (Lipinski definition) is 2. The first kappa shape index (κ1) is 8.53. The molecule has 0 saturated carbocycles. The zero-order valence-electron chi connectivity index (χ0n) is 6.21. The van der Waals surface area contributed by atoms with Gasteiger partial charge in [0.25, 0.3) is 0 Å². The fourth-order valence-electron chi connectivity index (χ4n) is 0.921. The Balaban J connectivity index is 2.66. The zero-order valence-corrected chi connectivity index (χ0v) is 7.80. The molecule has 0 aliphatic heterocycles. The lowest BCUT2D eigenvalue weighted by Gasteiger charge is -2.10. The van der Waals surface area contributed by atoms with E-state index in [-0.39, 0.29) is 10.8 Å². The van der Waals surface area contributed by atoms with E-state index in [1.165, 1.54) is 7.11 Å². The van der Waals surface area contributed by atoms with Crippen LogP contribution in [0.25, 0.3) is 0 Å². The van der Waals surface area contributed by atoms with E-state index in [4.69, 9.17) is 0 Å². The monoisotopic (exact) mass is 216 g/mol. The Morgan fingerprint density at radius 3 is 3.09 bits per heavy atom. The van der Waals surface area contributed by atoms with Crippen molar-refractivity contribution in [2.24, 2.45) is 0 Å². The molecule has 0 heterocycles. The number of esters is 1. The average molecular weight is 217 g/mol. The van der Waals surface area contributed by atoms with Gasteiger partial charge >= 0.3 is 5.97 Å². The number of carbonyl (C=O) groups is 1. The van der Waals surface area contributed by atoms with Gasteiger partial charge < -0.3 is 4.74 Å². The van der Waals surface area contributed by atoms with Gasteiger partial charge in [0, 0.05) is 10.4 Å². The minimum absolute atomic E-state index is 0.237. The molecule has 0 saturated heterocycles. The first-order valence-corrected chi connectivity index (χ1v) is 4.25. The second-order valence-corrected chi connectivity index (χ2v) is 3.46. The average Bonchev–Trinajstić information content (AvgIpc) is 2.03. The second-order valence-electron chi connectivity index (χ2n) is 2.29. The molecular weight excluding hydrogens is 208 g/mol. The highest BCUT2D eigenvalue weighted by molar-refractivity contribution is 9.09. The molecule has 1 rings (SSSR count). The number of hydrogen-bond donors (Lipinski definition) is 0. The topological polar surface area (TPSA) is 26.3 Å². The predicted molar refractivity (Wildman–Crippen MR) is 46.6 cm³/mol. The molecule has 0 aromatic heterocycles. The van der Waals surface area contributed by atoms with E-state index in [1.54, 1.807) is 6.08 Å². The molecule has 1 unspecified atom stereocenters. The fraction of sp³-hybridized carbons (Fsp3) is 0.375. The fourth-order valence-corrected chi connectivity index (χ4v) is 1.45. The van der Waals surface area contributed by atoms with Crippen LogP contribution in [0, 0.1) is 0 Å².